The van der Waals surface area contributed by atoms with Gasteiger partial charge in [-0.1, -0.05) is 26.7 Å². The maximum Gasteiger partial charge on any atom is 0.253 e. The highest BCUT2D eigenvalue weighted by Gasteiger charge is 2.16. The monoisotopic (exact) mass is 386 g/mol. The molecule has 1 aromatic carbocycles. The highest BCUT2D eigenvalue weighted by atomic mass is 79.9. The van der Waals surface area contributed by atoms with E-state index >= 15 is 0 Å². The van der Waals surface area contributed by atoms with Crippen LogP contribution in [0.2, 0.25) is 0 Å². The highest BCUT2D eigenvalue weighted by molar-refractivity contribution is 9.11. The van der Waals surface area contributed by atoms with Crippen molar-refractivity contribution in [3.05, 3.63) is 32.0 Å². The van der Waals surface area contributed by atoms with Crippen LogP contribution in [0.5, 0.6) is 0 Å². The Morgan fingerprint density at radius 2 is 1.76 bits per heavy atom. The van der Waals surface area contributed by atoms with Crippen molar-refractivity contribution in [2.75, 3.05) is 0 Å². The molecular weight excluding hydrogens is 374 g/mol. The van der Waals surface area contributed by atoms with Crippen molar-refractivity contribution < 1.29 is 9.18 Å². The van der Waals surface area contributed by atoms with Crippen molar-refractivity contribution in [2.24, 2.45) is 0 Å². The van der Waals surface area contributed by atoms with Crippen molar-refractivity contribution in [3.63, 3.8) is 0 Å². The number of halogens is 4. The summed E-state index contributed by atoms with van der Waals surface area (Å²) < 4.78 is 14.0. The van der Waals surface area contributed by atoms with Crippen LogP contribution >= 0.6 is 43.5 Å². The second-order valence-corrected chi connectivity index (χ2v) is 5.48. The Bertz CT molecular complexity index is 406. The molecule has 0 saturated heterocycles. The van der Waals surface area contributed by atoms with Crippen LogP contribution in [0.4, 0.5) is 4.39 Å². The summed E-state index contributed by atoms with van der Waals surface area (Å²) in [5, 5.41) is -0.671. The first-order valence-electron chi connectivity index (χ1n) is 5.20. The first kappa shape index (κ1) is 17.1. The van der Waals surface area contributed by atoms with Gasteiger partial charge in [0.1, 0.15) is 5.82 Å². The van der Waals surface area contributed by atoms with Crippen LogP contribution in [0.3, 0.4) is 0 Å². The van der Waals surface area contributed by atoms with Gasteiger partial charge >= 0.3 is 0 Å². The molecule has 0 radical (unpaired) electrons. The van der Waals surface area contributed by atoms with E-state index in [0.717, 1.165) is 0 Å². The second-order valence-electron chi connectivity index (χ2n) is 3.43. The van der Waals surface area contributed by atoms with Gasteiger partial charge in [0.15, 0.2) is 0 Å². The topological polar surface area (TPSA) is 17.1 Å². The molecule has 17 heavy (non-hydrogen) atoms. The van der Waals surface area contributed by atoms with Gasteiger partial charge in [0.25, 0.3) is 5.24 Å². The molecule has 0 aliphatic rings. The lowest BCUT2D eigenvalue weighted by Gasteiger charge is -2.06. The van der Waals surface area contributed by atoms with Crippen LogP contribution in [-0.2, 0) is 0 Å². The Kier molecular flexibility index (Phi) is 8.25. The van der Waals surface area contributed by atoms with Crippen LogP contribution in [0.1, 0.15) is 42.6 Å². The summed E-state index contributed by atoms with van der Waals surface area (Å²) in [6, 6.07) is 1.46. The maximum atomic E-state index is 13.3. The Morgan fingerprint density at radius 1 is 1.29 bits per heavy atom. The van der Waals surface area contributed by atoms with E-state index in [4.69, 9.17) is 11.6 Å². The molecule has 0 aliphatic heterocycles. The number of hydrogen-bond donors (Lipinski definition) is 0. The zero-order valence-electron chi connectivity index (χ0n) is 9.91. The molecule has 0 spiro atoms. The summed E-state index contributed by atoms with van der Waals surface area (Å²) in [5.74, 6) is -0.466. The van der Waals surface area contributed by atoms with Crippen LogP contribution < -0.4 is 0 Å². The molecule has 0 fully saturated rings. The van der Waals surface area contributed by atoms with Crippen molar-refractivity contribution in [2.45, 2.75) is 33.6 Å². The minimum atomic E-state index is -0.671. The number of benzene rings is 1. The Morgan fingerprint density at radius 3 is 2.12 bits per heavy atom. The number of hydrogen-bond acceptors (Lipinski definition) is 1. The zero-order valence-corrected chi connectivity index (χ0v) is 13.8. The number of rotatable bonds is 2. The molecule has 1 nitrogen and oxygen atoms in total. The normalized spacial score (nSPS) is 9.59. The molecule has 0 amide bonds. The third kappa shape index (κ3) is 5.06. The van der Waals surface area contributed by atoms with Gasteiger partial charge in [-0.25, -0.2) is 4.39 Å². The molecule has 0 atom stereocenters. The van der Waals surface area contributed by atoms with E-state index in [9.17, 15) is 9.18 Å². The van der Waals surface area contributed by atoms with E-state index < -0.39 is 11.1 Å². The lowest BCUT2D eigenvalue weighted by atomic mass is 10.1. The van der Waals surface area contributed by atoms with Gasteiger partial charge in [0.2, 0.25) is 0 Å². The van der Waals surface area contributed by atoms with Gasteiger partial charge in [-0.05, 0) is 62.0 Å². The summed E-state index contributed by atoms with van der Waals surface area (Å²) in [7, 11) is 0. The van der Waals surface area contributed by atoms with E-state index in [1.54, 1.807) is 0 Å². The molecule has 96 valence electrons. The van der Waals surface area contributed by atoms with Gasteiger partial charge < -0.3 is 0 Å². The standard InChI is InChI=1S/C8H4Br2ClFO.C4H10/c1-3-6(8(11)13)4(9)2-5(10)7(3)12;1-3-4-2/h2H,1H3;3-4H2,1-2H3. The van der Waals surface area contributed by atoms with Gasteiger partial charge in [-0.2, -0.15) is 0 Å². The predicted octanol–water partition coefficient (Wildman–Crippen LogP) is 5.84. The van der Waals surface area contributed by atoms with E-state index in [0.29, 0.717) is 8.95 Å². The number of carbonyl (C=O) groups excluding carboxylic acids is 1. The van der Waals surface area contributed by atoms with Gasteiger partial charge in [-0.15, -0.1) is 0 Å². The minimum absolute atomic E-state index is 0.169. The third-order valence-corrected chi connectivity index (χ3v) is 3.49. The lowest BCUT2D eigenvalue weighted by molar-refractivity contribution is 0.107. The second kappa shape index (κ2) is 8.22. The van der Waals surface area contributed by atoms with Crippen molar-refractivity contribution >= 4 is 48.7 Å². The van der Waals surface area contributed by atoms with E-state index in [1.165, 1.54) is 25.8 Å². The molecule has 0 unspecified atom stereocenters. The average molecular weight is 389 g/mol. The van der Waals surface area contributed by atoms with Gasteiger partial charge in [0.05, 0.1) is 10.0 Å². The molecule has 1 rings (SSSR count). The summed E-state index contributed by atoms with van der Waals surface area (Å²) in [6.45, 7) is 5.86. The fourth-order valence-electron chi connectivity index (χ4n) is 0.956. The number of unbranched alkanes of at least 4 members (excludes halogenated alkanes) is 1. The van der Waals surface area contributed by atoms with Crippen molar-refractivity contribution in [3.8, 4) is 0 Å². The smallest absolute Gasteiger partial charge is 0.253 e. The summed E-state index contributed by atoms with van der Waals surface area (Å²) in [5.41, 5.74) is 0.406. The highest BCUT2D eigenvalue weighted by Crippen LogP contribution is 2.30. The lowest BCUT2D eigenvalue weighted by Crippen LogP contribution is -1.99. The minimum Gasteiger partial charge on any atom is -0.276 e. The van der Waals surface area contributed by atoms with E-state index in [2.05, 4.69) is 45.7 Å². The van der Waals surface area contributed by atoms with Crippen LogP contribution in [-0.4, -0.2) is 5.24 Å². The van der Waals surface area contributed by atoms with Gasteiger partial charge in [-0.3, -0.25) is 4.79 Å². The van der Waals surface area contributed by atoms with Crippen molar-refractivity contribution in [1.29, 1.82) is 0 Å². The Labute approximate surface area is 123 Å². The van der Waals surface area contributed by atoms with Crippen LogP contribution in [0, 0.1) is 12.7 Å². The molecule has 0 aromatic heterocycles. The van der Waals surface area contributed by atoms with Crippen molar-refractivity contribution in [1.82, 2.24) is 0 Å². The average Bonchev–Trinajstić information content (AvgIpc) is 2.26. The molecule has 0 saturated carbocycles. The summed E-state index contributed by atoms with van der Waals surface area (Å²) >= 11 is 11.4. The summed E-state index contributed by atoms with van der Waals surface area (Å²) in [6.07, 6.45) is 2.64. The Balaban J connectivity index is 0.000000557. The van der Waals surface area contributed by atoms with E-state index in [-0.39, 0.29) is 11.1 Å². The summed E-state index contributed by atoms with van der Waals surface area (Å²) in [4.78, 5) is 10.9. The Hall–Kier alpha value is 0.0700. The first-order valence-corrected chi connectivity index (χ1v) is 7.17. The molecule has 0 bridgehead atoms. The zero-order chi connectivity index (χ0) is 13.6. The first-order chi connectivity index (χ1) is 7.86. The largest absolute Gasteiger partial charge is 0.276 e. The molecule has 0 N–H and O–H groups in total. The molecule has 1 aromatic rings. The fraction of sp³-hybridized carbons (Fsp3) is 0.417. The third-order valence-electron chi connectivity index (χ3n) is 2.10. The molecule has 5 heteroatoms. The molecule has 0 aliphatic carbocycles. The number of carbonyl (C=O) groups is 1. The van der Waals surface area contributed by atoms with Crippen LogP contribution in [0.15, 0.2) is 15.0 Å². The van der Waals surface area contributed by atoms with Crippen LogP contribution in [0.25, 0.3) is 0 Å². The maximum absolute atomic E-state index is 13.3. The van der Waals surface area contributed by atoms with Gasteiger partial charge in [0, 0.05) is 4.47 Å². The quantitative estimate of drug-likeness (QED) is 0.459. The molecular formula is C12H14Br2ClFO. The predicted molar refractivity (Wildman–Crippen MR) is 77.3 cm³/mol. The SMILES string of the molecule is CCCC.Cc1c(F)c(Br)cc(Br)c1C(=O)Cl. The van der Waals surface area contributed by atoms with E-state index in [1.807, 2.05) is 0 Å². The fourth-order valence-corrected chi connectivity index (χ4v) is 2.85. The molecule has 0 heterocycles.